The third kappa shape index (κ3) is 2.33. The SMILES string of the molecule is O=CCC#Cc1cncnc1Cl. The van der Waals surface area contributed by atoms with E-state index in [1.165, 1.54) is 12.5 Å². The highest BCUT2D eigenvalue weighted by molar-refractivity contribution is 6.30. The number of hydrogen-bond donors (Lipinski definition) is 0. The average Bonchev–Trinajstić information content (AvgIpc) is 2.09. The van der Waals surface area contributed by atoms with Crippen LogP contribution in [-0.4, -0.2) is 16.3 Å². The Morgan fingerprint density at radius 2 is 2.50 bits per heavy atom. The number of carbonyl (C=O) groups is 1. The van der Waals surface area contributed by atoms with Gasteiger partial charge in [0.25, 0.3) is 0 Å². The molecule has 4 heteroatoms. The number of aromatic nitrogens is 2. The topological polar surface area (TPSA) is 42.9 Å². The molecule has 0 saturated heterocycles. The van der Waals surface area contributed by atoms with E-state index in [0.717, 1.165) is 6.29 Å². The second kappa shape index (κ2) is 4.47. The molecule has 0 saturated carbocycles. The summed E-state index contributed by atoms with van der Waals surface area (Å²) in [5.74, 6) is 5.29. The van der Waals surface area contributed by atoms with E-state index < -0.39 is 0 Å². The van der Waals surface area contributed by atoms with Crippen LogP contribution in [0.4, 0.5) is 0 Å². The number of carbonyl (C=O) groups excluding carboxylic acids is 1. The van der Waals surface area contributed by atoms with Crippen LogP contribution < -0.4 is 0 Å². The van der Waals surface area contributed by atoms with Crippen LogP contribution in [0.5, 0.6) is 0 Å². The molecule has 0 spiro atoms. The maximum atomic E-state index is 9.91. The van der Waals surface area contributed by atoms with Crippen molar-refractivity contribution in [3.05, 3.63) is 23.2 Å². The van der Waals surface area contributed by atoms with E-state index in [9.17, 15) is 4.79 Å². The van der Waals surface area contributed by atoms with Crippen molar-refractivity contribution in [2.45, 2.75) is 6.42 Å². The molecule has 12 heavy (non-hydrogen) atoms. The molecule has 0 aromatic carbocycles. The number of halogens is 1. The van der Waals surface area contributed by atoms with Gasteiger partial charge in [0.1, 0.15) is 17.8 Å². The van der Waals surface area contributed by atoms with Crippen molar-refractivity contribution in [1.29, 1.82) is 0 Å². The lowest BCUT2D eigenvalue weighted by atomic mass is 10.3. The molecule has 1 rings (SSSR count). The molecule has 1 heterocycles. The van der Waals surface area contributed by atoms with Crippen LogP contribution in [0.3, 0.4) is 0 Å². The molecule has 0 bridgehead atoms. The van der Waals surface area contributed by atoms with Gasteiger partial charge in [0.2, 0.25) is 0 Å². The van der Waals surface area contributed by atoms with E-state index in [0.29, 0.717) is 10.7 Å². The van der Waals surface area contributed by atoms with E-state index in [1.807, 2.05) is 0 Å². The van der Waals surface area contributed by atoms with Gasteiger partial charge in [0.15, 0.2) is 0 Å². The Labute approximate surface area is 74.8 Å². The zero-order valence-electron chi connectivity index (χ0n) is 6.12. The molecule has 1 aromatic rings. The molecular formula is C8H5ClN2O. The van der Waals surface area contributed by atoms with Gasteiger partial charge < -0.3 is 4.79 Å². The van der Waals surface area contributed by atoms with Crippen molar-refractivity contribution in [1.82, 2.24) is 9.97 Å². The van der Waals surface area contributed by atoms with Gasteiger partial charge in [0, 0.05) is 6.20 Å². The Morgan fingerprint density at radius 1 is 1.67 bits per heavy atom. The number of nitrogens with zero attached hydrogens (tertiary/aromatic N) is 2. The molecule has 1 aromatic heterocycles. The van der Waals surface area contributed by atoms with Crippen LogP contribution in [0.2, 0.25) is 5.15 Å². The number of rotatable bonds is 1. The summed E-state index contributed by atoms with van der Waals surface area (Å²) in [4.78, 5) is 17.4. The summed E-state index contributed by atoms with van der Waals surface area (Å²) in [6.45, 7) is 0. The molecule has 0 N–H and O–H groups in total. The van der Waals surface area contributed by atoms with Gasteiger partial charge in [-0.1, -0.05) is 23.4 Å². The third-order valence-electron chi connectivity index (χ3n) is 1.07. The number of hydrogen-bond acceptors (Lipinski definition) is 3. The summed E-state index contributed by atoms with van der Waals surface area (Å²) in [5.41, 5.74) is 0.543. The van der Waals surface area contributed by atoms with Crippen molar-refractivity contribution >= 4 is 17.9 Å². The minimum atomic E-state index is 0.200. The summed E-state index contributed by atoms with van der Waals surface area (Å²) in [6, 6.07) is 0. The highest BCUT2D eigenvalue weighted by atomic mass is 35.5. The fraction of sp³-hybridized carbons (Fsp3) is 0.125. The minimum absolute atomic E-state index is 0.200. The van der Waals surface area contributed by atoms with Crippen molar-refractivity contribution in [3.8, 4) is 11.8 Å². The fourth-order valence-electron chi connectivity index (χ4n) is 0.586. The first-order chi connectivity index (χ1) is 5.84. The van der Waals surface area contributed by atoms with Crippen LogP contribution in [0.15, 0.2) is 12.5 Å². The molecule has 0 aliphatic carbocycles. The van der Waals surface area contributed by atoms with Gasteiger partial charge in [-0.15, -0.1) is 0 Å². The molecule has 0 aliphatic rings. The molecule has 60 valence electrons. The maximum Gasteiger partial charge on any atom is 0.148 e. The van der Waals surface area contributed by atoms with E-state index >= 15 is 0 Å². The largest absolute Gasteiger partial charge is 0.302 e. The van der Waals surface area contributed by atoms with Gasteiger partial charge in [-0.3, -0.25) is 0 Å². The predicted octanol–water partition coefficient (Wildman–Crippen LogP) is 1.07. The summed E-state index contributed by atoms with van der Waals surface area (Å²) >= 11 is 5.66. The molecular weight excluding hydrogens is 176 g/mol. The van der Waals surface area contributed by atoms with Crippen LogP contribution in [-0.2, 0) is 4.79 Å². The highest BCUT2D eigenvalue weighted by Gasteiger charge is 1.94. The molecule has 0 amide bonds. The van der Waals surface area contributed by atoms with Crippen molar-refractivity contribution in [2.75, 3.05) is 0 Å². The maximum absolute atomic E-state index is 9.91. The van der Waals surface area contributed by atoms with Gasteiger partial charge >= 0.3 is 0 Å². The standard InChI is InChI=1S/C8H5ClN2O/c9-8-7(3-1-2-4-12)5-10-6-11-8/h4-6H,2H2. The van der Waals surface area contributed by atoms with Gasteiger partial charge in [-0.05, 0) is 0 Å². The average molecular weight is 181 g/mol. The summed E-state index contributed by atoms with van der Waals surface area (Å²) in [6.07, 6.45) is 3.77. The van der Waals surface area contributed by atoms with Gasteiger partial charge in [-0.2, -0.15) is 0 Å². The third-order valence-corrected chi connectivity index (χ3v) is 1.37. The van der Waals surface area contributed by atoms with Crippen molar-refractivity contribution < 1.29 is 4.79 Å². The number of aldehydes is 1. The molecule has 0 fully saturated rings. The quantitative estimate of drug-likeness (QED) is 0.369. The molecule has 0 atom stereocenters. The molecule has 3 nitrogen and oxygen atoms in total. The Kier molecular flexibility index (Phi) is 3.24. The molecule has 0 radical (unpaired) electrons. The first-order valence-electron chi connectivity index (χ1n) is 3.22. The molecule has 0 aliphatic heterocycles. The van der Waals surface area contributed by atoms with Gasteiger partial charge in [-0.25, -0.2) is 9.97 Å². The lowest BCUT2D eigenvalue weighted by molar-refractivity contribution is -0.107. The molecule has 0 unspecified atom stereocenters. The van der Waals surface area contributed by atoms with Crippen molar-refractivity contribution in [2.24, 2.45) is 0 Å². The van der Waals surface area contributed by atoms with Crippen LogP contribution in [0.25, 0.3) is 0 Å². The monoisotopic (exact) mass is 180 g/mol. The lowest BCUT2D eigenvalue weighted by Gasteiger charge is -1.89. The first kappa shape index (κ1) is 8.69. The van der Waals surface area contributed by atoms with E-state index in [4.69, 9.17) is 11.6 Å². The summed E-state index contributed by atoms with van der Waals surface area (Å²) < 4.78 is 0. The predicted molar refractivity (Wildman–Crippen MR) is 44.6 cm³/mol. The Hall–Kier alpha value is -1.40. The highest BCUT2D eigenvalue weighted by Crippen LogP contribution is 2.07. The van der Waals surface area contributed by atoms with Gasteiger partial charge in [0.05, 0.1) is 12.0 Å². The fourth-order valence-corrected chi connectivity index (χ4v) is 0.726. The Morgan fingerprint density at radius 3 is 3.17 bits per heavy atom. The second-order valence-electron chi connectivity index (χ2n) is 1.90. The second-order valence-corrected chi connectivity index (χ2v) is 2.26. The van der Waals surface area contributed by atoms with E-state index in [2.05, 4.69) is 21.8 Å². The lowest BCUT2D eigenvalue weighted by Crippen LogP contribution is -1.83. The van der Waals surface area contributed by atoms with Crippen LogP contribution in [0, 0.1) is 11.8 Å². The smallest absolute Gasteiger partial charge is 0.148 e. The van der Waals surface area contributed by atoms with E-state index in [-0.39, 0.29) is 6.42 Å². The zero-order chi connectivity index (χ0) is 8.81. The Balaban J connectivity index is 2.84. The zero-order valence-corrected chi connectivity index (χ0v) is 6.88. The Bertz CT molecular complexity index is 340. The van der Waals surface area contributed by atoms with Crippen molar-refractivity contribution in [3.63, 3.8) is 0 Å². The normalized spacial score (nSPS) is 8.42. The first-order valence-corrected chi connectivity index (χ1v) is 3.60. The van der Waals surface area contributed by atoms with E-state index in [1.54, 1.807) is 0 Å². The van der Waals surface area contributed by atoms with Crippen LogP contribution in [0.1, 0.15) is 12.0 Å². The minimum Gasteiger partial charge on any atom is -0.302 e. The summed E-state index contributed by atoms with van der Waals surface area (Å²) in [5, 5.41) is 0.309. The van der Waals surface area contributed by atoms with Crippen LogP contribution >= 0.6 is 11.6 Å². The summed E-state index contributed by atoms with van der Waals surface area (Å²) in [7, 11) is 0.